The molecule has 2 aliphatic heterocycles. The molecule has 150 valence electrons. The summed E-state index contributed by atoms with van der Waals surface area (Å²) in [6.45, 7) is 3.77. The summed E-state index contributed by atoms with van der Waals surface area (Å²) in [5.74, 6) is -0.583. The second kappa shape index (κ2) is 7.59. The molecule has 1 aromatic carbocycles. The number of benzene rings is 1. The summed E-state index contributed by atoms with van der Waals surface area (Å²) in [6, 6.07) is 9.17. The summed E-state index contributed by atoms with van der Waals surface area (Å²) in [4.78, 5) is 35.3. The van der Waals surface area contributed by atoms with Crippen molar-refractivity contribution in [2.45, 2.75) is 25.7 Å². The second-order valence-electron chi connectivity index (χ2n) is 7.66. The number of hydrogen-bond acceptors (Lipinski definition) is 6. The van der Waals surface area contributed by atoms with Gasteiger partial charge in [0.15, 0.2) is 0 Å². The summed E-state index contributed by atoms with van der Waals surface area (Å²) in [7, 11) is 1.52. The van der Waals surface area contributed by atoms with E-state index in [2.05, 4.69) is 22.2 Å². The van der Waals surface area contributed by atoms with E-state index in [9.17, 15) is 14.9 Å². The number of anilines is 2. The zero-order valence-electron chi connectivity index (χ0n) is 16.4. The smallest absolute Gasteiger partial charge is 0.258 e. The molecule has 8 heteroatoms. The second-order valence-corrected chi connectivity index (χ2v) is 7.66. The average molecular weight is 393 g/mol. The third kappa shape index (κ3) is 3.33. The highest BCUT2D eigenvalue weighted by atomic mass is 16.5. The molecule has 0 saturated carbocycles. The van der Waals surface area contributed by atoms with Crippen LogP contribution >= 0.6 is 0 Å². The Morgan fingerprint density at radius 2 is 2.10 bits per heavy atom. The van der Waals surface area contributed by atoms with E-state index in [1.54, 1.807) is 24.3 Å². The number of nitriles is 1. The number of carbonyl (C=O) groups is 1. The average Bonchev–Trinajstić information content (AvgIpc) is 2.72. The van der Waals surface area contributed by atoms with Crippen LogP contribution in [-0.4, -0.2) is 36.1 Å². The lowest BCUT2D eigenvalue weighted by Gasteiger charge is -2.33. The Morgan fingerprint density at radius 3 is 2.83 bits per heavy atom. The minimum absolute atomic E-state index is 0.217. The van der Waals surface area contributed by atoms with Crippen molar-refractivity contribution in [3.05, 3.63) is 45.7 Å². The predicted molar refractivity (Wildman–Crippen MR) is 108 cm³/mol. The first-order valence-corrected chi connectivity index (χ1v) is 9.76. The molecule has 3 atom stereocenters. The minimum atomic E-state index is -1.05. The van der Waals surface area contributed by atoms with E-state index in [0.717, 1.165) is 25.9 Å². The highest BCUT2D eigenvalue weighted by Crippen LogP contribution is 2.41. The van der Waals surface area contributed by atoms with Crippen molar-refractivity contribution in [3.63, 3.8) is 0 Å². The number of carbonyl (C=O) groups excluding carboxylic acids is 1. The van der Waals surface area contributed by atoms with Gasteiger partial charge < -0.3 is 15.0 Å². The molecule has 1 fully saturated rings. The molecule has 29 heavy (non-hydrogen) atoms. The maximum atomic E-state index is 13.1. The Labute approximate surface area is 168 Å². The molecule has 0 spiro atoms. The largest absolute Gasteiger partial charge is 0.496 e. The number of amides is 1. The summed E-state index contributed by atoms with van der Waals surface area (Å²) < 4.78 is 5.43. The van der Waals surface area contributed by atoms with Crippen LogP contribution in [0.2, 0.25) is 0 Å². The number of aromatic amines is 1. The van der Waals surface area contributed by atoms with Crippen LogP contribution in [0.25, 0.3) is 0 Å². The molecule has 1 aromatic heterocycles. The lowest BCUT2D eigenvalue weighted by atomic mass is 9.79. The molecule has 0 aliphatic carbocycles. The van der Waals surface area contributed by atoms with Gasteiger partial charge in [0.25, 0.3) is 5.56 Å². The standard InChI is InChI=1S/C21H23N5O3/c1-12-6-5-9-26(11-12)21-24-18-17(20(28)25-21)16(14(10-22)19(27)23-18)13-7-3-4-8-15(13)29-2/h3-4,7-8,12,14,16H,5-6,9,11H2,1-2H3,(H2,23,24,25,27,28)/t12-,14+,16+/m1/s1. The summed E-state index contributed by atoms with van der Waals surface area (Å²) in [5, 5.41) is 12.3. The zero-order valence-corrected chi connectivity index (χ0v) is 16.4. The highest BCUT2D eigenvalue weighted by molar-refractivity contribution is 5.98. The van der Waals surface area contributed by atoms with Crippen molar-refractivity contribution < 1.29 is 9.53 Å². The van der Waals surface area contributed by atoms with Crippen molar-refractivity contribution >= 4 is 17.7 Å². The topological polar surface area (TPSA) is 111 Å². The monoisotopic (exact) mass is 393 g/mol. The maximum Gasteiger partial charge on any atom is 0.258 e. The number of nitrogens with one attached hydrogen (secondary N) is 2. The maximum absolute atomic E-state index is 13.1. The Bertz CT molecular complexity index is 1040. The third-order valence-corrected chi connectivity index (χ3v) is 5.68. The van der Waals surface area contributed by atoms with Crippen molar-refractivity contribution in [2.24, 2.45) is 11.8 Å². The fraction of sp³-hybridized carbons (Fsp3) is 0.429. The van der Waals surface area contributed by atoms with E-state index < -0.39 is 17.7 Å². The van der Waals surface area contributed by atoms with Gasteiger partial charge in [-0.1, -0.05) is 25.1 Å². The SMILES string of the molecule is COc1ccccc1[C@@H]1c2c(nc(N3CCC[C@@H](C)C3)[nH]c2=O)NC(=O)[C@H]1C#N. The van der Waals surface area contributed by atoms with Crippen LogP contribution in [0.5, 0.6) is 5.75 Å². The van der Waals surface area contributed by atoms with Crippen LogP contribution in [0.15, 0.2) is 29.1 Å². The molecule has 0 unspecified atom stereocenters. The van der Waals surface area contributed by atoms with Crippen molar-refractivity contribution in [1.82, 2.24) is 9.97 Å². The van der Waals surface area contributed by atoms with Gasteiger partial charge in [-0.2, -0.15) is 10.2 Å². The number of fused-ring (bicyclic) bond motifs is 1. The van der Waals surface area contributed by atoms with Crippen LogP contribution < -0.4 is 20.5 Å². The van der Waals surface area contributed by atoms with Gasteiger partial charge in [-0.3, -0.25) is 14.6 Å². The molecule has 4 rings (SSSR count). The van der Waals surface area contributed by atoms with Crippen LogP contribution in [0.4, 0.5) is 11.8 Å². The molecule has 2 N–H and O–H groups in total. The zero-order chi connectivity index (χ0) is 20.5. The lowest BCUT2D eigenvalue weighted by molar-refractivity contribution is -0.119. The van der Waals surface area contributed by atoms with Gasteiger partial charge >= 0.3 is 0 Å². The van der Waals surface area contributed by atoms with E-state index in [4.69, 9.17) is 4.74 Å². The van der Waals surface area contributed by atoms with Crippen LogP contribution in [-0.2, 0) is 4.79 Å². The van der Waals surface area contributed by atoms with Gasteiger partial charge in [0.2, 0.25) is 11.9 Å². The number of ether oxygens (including phenoxy) is 1. The van der Waals surface area contributed by atoms with E-state index in [1.165, 1.54) is 7.11 Å². The summed E-state index contributed by atoms with van der Waals surface area (Å²) in [5.41, 5.74) is 0.554. The fourth-order valence-corrected chi connectivity index (χ4v) is 4.29. The molecule has 0 radical (unpaired) electrons. The Hall–Kier alpha value is -3.34. The summed E-state index contributed by atoms with van der Waals surface area (Å²) in [6.07, 6.45) is 2.16. The fourth-order valence-electron chi connectivity index (χ4n) is 4.29. The Morgan fingerprint density at radius 1 is 1.31 bits per heavy atom. The Kier molecular flexibility index (Phi) is 4.97. The minimum Gasteiger partial charge on any atom is -0.496 e. The van der Waals surface area contributed by atoms with Gasteiger partial charge in [-0.25, -0.2) is 0 Å². The van der Waals surface area contributed by atoms with Gasteiger partial charge in [-0.05, 0) is 24.8 Å². The third-order valence-electron chi connectivity index (χ3n) is 5.68. The molecule has 8 nitrogen and oxygen atoms in total. The van der Waals surface area contributed by atoms with Crippen LogP contribution in [0.1, 0.15) is 36.8 Å². The van der Waals surface area contributed by atoms with E-state index >= 15 is 0 Å². The van der Waals surface area contributed by atoms with Gasteiger partial charge in [0, 0.05) is 24.6 Å². The molecule has 1 amide bonds. The molecular formula is C21H23N5O3. The number of rotatable bonds is 3. The van der Waals surface area contributed by atoms with E-state index in [0.29, 0.717) is 23.2 Å². The van der Waals surface area contributed by atoms with Crippen LogP contribution in [0, 0.1) is 23.2 Å². The highest BCUT2D eigenvalue weighted by Gasteiger charge is 2.41. The number of piperidine rings is 1. The van der Waals surface area contributed by atoms with Crippen molar-refractivity contribution in [1.29, 1.82) is 5.26 Å². The normalized spacial score (nSPS) is 23.7. The Balaban J connectivity index is 1.86. The number of H-pyrrole nitrogens is 1. The number of methoxy groups -OCH3 is 1. The first-order chi connectivity index (χ1) is 14.0. The predicted octanol–water partition coefficient (Wildman–Crippen LogP) is 2.24. The van der Waals surface area contributed by atoms with E-state index in [-0.39, 0.29) is 16.9 Å². The van der Waals surface area contributed by atoms with Gasteiger partial charge in [0.1, 0.15) is 17.5 Å². The molecule has 3 heterocycles. The molecule has 1 saturated heterocycles. The molecule has 2 aromatic rings. The number of nitrogens with zero attached hydrogens (tertiary/aromatic N) is 3. The van der Waals surface area contributed by atoms with Gasteiger partial charge in [0.05, 0.1) is 18.7 Å². The lowest BCUT2D eigenvalue weighted by Crippen LogP contribution is -2.41. The molecule has 2 aliphatic rings. The quantitative estimate of drug-likeness (QED) is 0.827. The number of para-hydroxylation sites is 1. The first-order valence-electron chi connectivity index (χ1n) is 9.76. The molecular weight excluding hydrogens is 370 g/mol. The first kappa shape index (κ1) is 19.0. The van der Waals surface area contributed by atoms with E-state index in [1.807, 2.05) is 11.0 Å². The molecule has 0 bridgehead atoms. The number of hydrogen-bond donors (Lipinski definition) is 2. The summed E-state index contributed by atoms with van der Waals surface area (Å²) >= 11 is 0. The van der Waals surface area contributed by atoms with Gasteiger partial charge in [-0.15, -0.1) is 0 Å². The van der Waals surface area contributed by atoms with Crippen molar-refractivity contribution in [3.8, 4) is 11.8 Å². The van der Waals surface area contributed by atoms with Crippen molar-refractivity contribution in [2.75, 3.05) is 30.4 Å². The number of aromatic nitrogens is 2. The van der Waals surface area contributed by atoms with Crippen LogP contribution in [0.3, 0.4) is 0 Å².